The maximum absolute atomic E-state index is 14.7. The van der Waals surface area contributed by atoms with Crippen molar-refractivity contribution in [3.8, 4) is 39.8 Å². The van der Waals surface area contributed by atoms with Gasteiger partial charge in [0.1, 0.15) is 55.4 Å². The number of rotatable bonds is 17. The molecule has 4 atom stereocenters. The molecule has 5 rings (SSSR count). The van der Waals surface area contributed by atoms with Gasteiger partial charge < -0.3 is 52.8 Å². The zero-order valence-corrected chi connectivity index (χ0v) is 35.9. The van der Waals surface area contributed by atoms with Gasteiger partial charge in [0.05, 0.1) is 6.07 Å². The minimum atomic E-state index is -1.35. The van der Waals surface area contributed by atoms with E-state index in [-0.39, 0.29) is 45.7 Å². The van der Waals surface area contributed by atoms with Crippen LogP contribution in [0.4, 0.5) is 0 Å². The molecule has 16 heteroatoms. The summed E-state index contributed by atoms with van der Waals surface area (Å²) in [6.45, 7) is 4.26. The second-order valence-corrected chi connectivity index (χ2v) is 15.3. The third-order valence-electron chi connectivity index (χ3n) is 10.6. The van der Waals surface area contributed by atoms with Gasteiger partial charge >= 0.3 is 0 Å². The molecule has 4 aromatic carbocycles. The van der Waals surface area contributed by atoms with Gasteiger partial charge in [-0.15, -0.1) is 0 Å². The monoisotopic (exact) mass is 859 g/mol. The van der Waals surface area contributed by atoms with E-state index in [0.717, 1.165) is 16.7 Å². The van der Waals surface area contributed by atoms with Crippen LogP contribution in [0.3, 0.4) is 0 Å². The minimum absolute atomic E-state index is 0.0144. The van der Waals surface area contributed by atoms with Crippen molar-refractivity contribution in [1.82, 2.24) is 26.2 Å². The highest BCUT2D eigenvalue weighted by Crippen LogP contribution is 2.40. The molecule has 0 aliphatic carbocycles. The summed E-state index contributed by atoms with van der Waals surface area (Å²) in [7, 11) is 1.46. The Kier molecular flexibility index (Phi) is 17.2. The standard InChI is InChI=1S/C47H57N9O7/c1-29-7-10-32(11-8-29)33-12-14-34(15-13-33)44(58)54-38(6-4-5-19-48)47(61)56(3)42-35-16-18-41(63-25-22-51)37(28-35)36-26-31(9-17-40(36)62-24-21-50)27-39(45(59)52-23-20-49)55-43(57)30(2)53-46(42)60/h7-18,26,28,30,38-39,42H,4-6,19,21-25,27,48,50-51H2,1-3H3,(H,52,59)(H,53,60)(H,54,58)(H,55,57)/t30-,38-,39-,42-/m0/s1. The van der Waals surface area contributed by atoms with Crippen molar-refractivity contribution in [2.45, 2.75) is 63.7 Å². The highest BCUT2D eigenvalue weighted by atomic mass is 16.5. The summed E-state index contributed by atoms with van der Waals surface area (Å²) in [5.41, 5.74) is 22.8. The van der Waals surface area contributed by atoms with Crippen molar-refractivity contribution >= 4 is 29.5 Å². The number of nitrogens with two attached hydrogens (primary N) is 3. The van der Waals surface area contributed by atoms with Gasteiger partial charge in [0, 0.05) is 43.2 Å². The summed E-state index contributed by atoms with van der Waals surface area (Å²) in [5, 5.41) is 20.0. The average molecular weight is 860 g/mol. The van der Waals surface area contributed by atoms with Crippen LogP contribution in [0.1, 0.15) is 59.3 Å². The van der Waals surface area contributed by atoms with Crippen LogP contribution in [0.2, 0.25) is 0 Å². The largest absolute Gasteiger partial charge is 0.492 e. The highest BCUT2D eigenvalue weighted by Gasteiger charge is 2.36. The topological polar surface area (TPSA) is 257 Å². The van der Waals surface area contributed by atoms with Crippen LogP contribution in [0.15, 0.2) is 84.9 Å². The number of carbonyl (C=O) groups excluding carboxylic acids is 5. The molecule has 1 heterocycles. The predicted octanol–water partition coefficient (Wildman–Crippen LogP) is 2.62. The number of nitrogens with one attached hydrogen (secondary N) is 4. The molecule has 4 aromatic rings. The molecular formula is C47H57N9O7. The normalized spacial score (nSPS) is 16.6. The molecule has 0 saturated carbocycles. The number of hydrogen-bond acceptors (Lipinski definition) is 11. The molecule has 1 aliphatic heterocycles. The van der Waals surface area contributed by atoms with Gasteiger partial charge in [-0.1, -0.05) is 54.1 Å². The quantitative estimate of drug-likeness (QED) is 0.0600. The summed E-state index contributed by atoms with van der Waals surface area (Å²) < 4.78 is 12.2. The number of likely N-dealkylation sites (N-methyl/N-ethyl adjacent to an activating group) is 1. The third kappa shape index (κ3) is 12.4. The van der Waals surface area contributed by atoms with E-state index < -0.39 is 53.7 Å². The molecule has 5 amide bonds. The van der Waals surface area contributed by atoms with Crippen LogP contribution in [0, 0.1) is 18.3 Å². The zero-order chi connectivity index (χ0) is 45.5. The molecule has 4 bridgehead atoms. The van der Waals surface area contributed by atoms with Gasteiger partial charge in [0.15, 0.2) is 0 Å². The lowest BCUT2D eigenvalue weighted by Gasteiger charge is -2.32. The second kappa shape index (κ2) is 22.9. The Labute approximate surface area is 367 Å². The van der Waals surface area contributed by atoms with Crippen LogP contribution >= 0.6 is 0 Å². The van der Waals surface area contributed by atoms with E-state index >= 15 is 0 Å². The number of nitriles is 1. The smallest absolute Gasteiger partial charge is 0.251 e. The van der Waals surface area contributed by atoms with E-state index in [4.69, 9.17) is 31.9 Å². The van der Waals surface area contributed by atoms with Crippen LogP contribution in [0.25, 0.3) is 22.3 Å². The van der Waals surface area contributed by atoms with Crippen LogP contribution in [-0.2, 0) is 25.6 Å². The zero-order valence-electron chi connectivity index (χ0n) is 35.9. The van der Waals surface area contributed by atoms with Gasteiger partial charge in [-0.05, 0) is 98.3 Å². The average Bonchev–Trinajstić information content (AvgIpc) is 3.28. The first kappa shape index (κ1) is 47.3. The van der Waals surface area contributed by atoms with E-state index in [1.165, 1.54) is 18.9 Å². The first-order valence-corrected chi connectivity index (χ1v) is 21.0. The molecule has 0 aromatic heterocycles. The summed E-state index contributed by atoms with van der Waals surface area (Å²) in [6.07, 6.45) is 1.33. The molecular weight excluding hydrogens is 803 g/mol. The van der Waals surface area contributed by atoms with E-state index in [2.05, 4.69) is 21.3 Å². The van der Waals surface area contributed by atoms with Gasteiger partial charge in [-0.2, -0.15) is 5.26 Å². The molecule has 1 aliphatic rings. The van der Waals surface area contributed by atoms with E-state index in [1.54, 1.807) is 48.5 Å². The molecule has 0 spiro atoms. The molecule has 0 radical (unpaired) electrons. The first-order chi connectivity index (χ1) is 30.4. The van der Waals surface area contributed by atoms with E-state index in [1.807, 2.05) is 49.4 Å². The lowest BCUT2D eigenvalue weighted by Crippen LogP contribution is -2.56. The number of amides is 5. The number of benzene rings is 4. The molecule has 10 N–H and O–H groups in total. The fourth-order valence-corrected chi connectivity index (χ4v) is 7.26. The van der Waals surface area contributed by atoms with Crippen molar-refractivity contribution in [3.05, 3.63) is 107 Å². The Morgan fingerprint density at radius 3 is 2.06 bits per heavy atom. The van der Waals surface area contributed by atoms with Crippen LogP contribution < -0.4 is 47.9 Å². The number of hydrogen-bond donors (Lipinski definition) is 7. The number of fused-ring (bicyclic) bond motifs is 5. The predicted molar refractivity (Wildman–Crippen MR) is 239 cm³/mol. The van der Waals surface area contributed by atoms with Crippen molar-refractivity contribution in [1.29, 1.82) is 5.26 Å². The van der Waals surface area contributed by atoms with Gasteiger partial charge in [-0.25, -0.2) is 0 Å². The van der Waals surface area contributed by atoms with Gasteiger partial charge in [-0.3, -0.25) is 24.0 Å². The summed E-state index contributed by atoms with van der Waals surface area (Å²) in [4.78, 5) is 71.4. The summed E-state index contributed by atoms with van der Waals surface area (Å²) in [5.74, 6) is -2.25. The number of ether oxygens (including phenoxy) is 2. The van der Waals surface area contributed by atoms with Crippen LogP contribution in [0.5, 0.6) is 11.5 Å². The third-order valence-corrected chi connectivity index (χ3v) is 10.6. The molecule has 0 unspecified atom stereocenters. The molecule has 332 valence electrons. The van der Waals surface area contributed by atoms with Gasteiger partial charge in [0.2, 0.25) is 23.6 Å². The maximum Gasteiger partial charge on any atom is 0.251 e. The fraction of sp³-hybridized carbons (Fsp3) is 0.362. The van der Waals surface area contributed by atoms with Crippen molar-refractivity contribution in [2.24, 2.45) is 17.2 Å². The molecule has 0 fully saturated rings. The molecule has 63 heavy (non-hydrogen) atoms. The number of aryl methyl sites for hydroxylation is 1. The first-order valence-electron chi connectivity index (χ1n) is 21.0. The lowest BCUT2D eigenvalue weighted by molar-refractivity contribution is -0.141. The minimum Gasteiger partial charge on any atom is -0.492 e. The molecule has 0 saturated heterocycles. The lowest BCUT2D eigenvalue weighted by atomic mass is 9.93. The van der Waals surface area contributed by atoms with Crippen molar-refractivity contribution < 1.29 is 33.4 Å². The maximum atomic E-state index is 14.7. The second-order valence-electron chi connectivity index (χ2n) is 15.3. The Morgan fingerprint density at radius 1 is 0.825 bits per heavy atom. The van der Waals surface area contributed by atoms with E-state index in [0.29, 0.717) is 58.7 Å². The number of nitrogens with zero attached hydrogens (tertiary/aromatic N) is 2. The Hall–Kier alpha value is -6.80. The van der Waals surface area contributed by atoms with Crippen LogP contribution in [-0.4, -0.2) is 99.0 Å². The highest BCUT2D eigenvalue weighted by molar-refractivity contribution is 5.99. The van der Waals surface area contributed by atoms with Gasteiger partial charge in [0.25, 0.3) is 5.91 Å². The summed E-state index contributed by atoms with van der Waals surface area (Å²) in [6, 6.07) is 22.5. The Balaban J connectivity index is 1.58. The van der Waals surface area contributed by atoms with Crippen molar-refractivity contribution in [2.75, 3.05) is 46.4 Å². The Bertz CT molecular complexity index is 2280. The number of unbranched alkanes of at least 4 members (excludes halogenated alkanes) is 1. The van der Waals surface area contributed by atoms with Crippen molar-refractivity contribution in [3.63, 3.8) is 0 Å². The SMILES string of the molecule is Cc1ccc(-c2ccc(C(=O)N[C@@H](CCCCN)C(=O)N(C)[C@@H]3C(=O)N[C@@H](C)C(=O)N[C@H](C(=O)NCC#N)Cc4ccc(OCCN)c(c4)-c4cc3ccc4OCCN)cc2)cc1. The Morgan fingerprint density at radius 2 is 1.44 bits per heavy atom. The fourth-order valence-electron chi connectivity index (χ4n) is 7.26. The molecule has 16 nitrogen and oxygen atoms in total. The summed E-state index contributed by atoms with van der Waals surface area (Å²) >= 11 is 0. The number of carbonyl (C=O) groups is 5. The van der Waals surface area contributed by atoms with E-state index in [9.17, 15) is 24.0 Å².